The lowest BCUT2D eigenvalue weighted by atomic mass is 10.2. The Morgan fingerprint density at radius 1 is 1.12 bits per heavy atom. The Hall–Kier alpha value is -1.10. The van der Waals surface area contributed by atoms with Gasteiger partial charge in [0.1, 0.15) is 5.75 Å². The summed E-state index contributed by atoms with van der Waals surface area (Å²) in [7, 11) is 5.59. The van der Waals surface area contributed by atoms with Gasteiger partial charge >= 0.3 is 0 Å². The van der Waals surface area contributed by atoms with E-state index in [2.05, 4.69) is 0 Å². The Bertz CT molecular complexity index is 306. The molecule has 4 heteroatoms. The summed E-state index contributed by atoms with van der Waals surface area (Å²) in [5, 5.41) is 19.0. The first-order valence-electron chi connectivity index (χ1n) is 5.68. The van der Waals surface area contributed by atoms with Crippen molar-refractivity contribution in [1.82, 2.24) is 9.96 Å². The molecule has 0 saturated carbocycles. The smallest absolute Gasteiger partial charge is 0.120 e. The lowest BCUT2D eigenvalue weighted by Crippen LogP contribution is -2.21. The van der Waals surface area contributed by atoms with Crippen molar-refractivity contribution in [3.8, 4) is 5.75 Å². The van der Waals surface area contributed by atoms with Crippen molar-refractivity contribution in [3.05, 3.63) is 29.8 Å². The van der Waals surface area contributed by atoms with Gasteiger partial charge in [0.25, 0.3) is 0 Å². The maximum Gasteiger partial charge on any atom is 0.120 e. The van der Waals surface area contributed by atoms with E-state index < -0.39 is 0 Å². The number of para-hydroxylation sites is 1. The molecular weight excluding hydrogens is 216 g/mol. The van der Waals surface area contributed by atoms with Crippen molar-refractivity contribution in [2.45, 2.75) is 26.4 Å². The standard InChI is InChI=1S/C9H13NO.C4H11NO/c1-10(2)7-8-5-3-4-6-9(8)11;1-4(2)5(3)6/h3-6,11H,7H2,1-2H3;4,6H,1-3H3. The highest BCUT2D eigenvalue weighted by Gasteiger charge is 1.99. The van der Waals surface area contributed by atoms with Gasteiger partial charge in [0.2, 0.25) is 0 Å². The molecule has 17 heavy (non-hydrogen) atoms. The van der Waals surface area contributed by atoms with Crippen molar-refractivity contribution in [2.24, 2.45) is 0 Å². The van der Waals surface area contributed by atoms with Crippen LogP contribution in [0.1, 0.15) is 19.4 Å². The number of hydrogen-bond acceptors (Lipinski definition) is 4. The van der Waals surface area contributed by atoms with Gasteiger partial charge in [-0.2, -0.15) is 5.06 Å². The number of benzene rings is 1. The van der Waals surface area contributed by atoms with Crippen molar-refractivity contribution in [2.75, 3.05) is 21.1 Å². The predicted octanol–water partition coefficient (Wildman–Crippen LogP) is 2.17. The summed E-state index contributed by atoms with van der Waals surface area (Å²) >= 11 is 0. The minimum Gasteiger partial charge on any atom is -0.508 e. The minimum atomic E-state index is 0.241. The molecule has 0 bridgehead atoms. The third-order valence-electron chi connectivity index (χ3n) is 2.23. The normalized spacial score (nSPS) is 10.6. The van der Waals surface area contributed by atoms with Crippen LogP contribution in [0.5, 0.6) is 5.75 Å². The maximum atomic E-state index is 9.33. The Kier molecular flexibility index (Phi) is 7.54. The zero-order valence-electron chi connectivity index (χ0n) is 11.4. The second-order valence-electron chi connectivity index (χ2n) is 4.53. The first-order valence-corrected chi connectivity index (χ1v) is 5.68. The number of hydrogen-bond donors (Lipinski definition) is 2. The predicted molar refractivity (Wildman–Crippen MR) is 70.2 cm³/mol. The van der Waals surface area contributed by atoms with Gasteiger partial charge in [-0.15, -0.1) is 0 Å². The molecule has 0 amide bonds. The Morgan fingerprint density at radius 2 is 1.59 bits per heavy atom. The van der Waals surface area contributed by atoms with Gasteiger partial charge in [-0.25, -0.2) is 0 Å². The first kappa shape index (κ1) is 15.9. The highest BCUT2D eigenvalue weighted by Crippen LogP contribution is 2.16. The molecule has 0 aliphatic rings. The fourth-order valence-corrected chi connectivity index (χ4v) is 0.985. The second-order valence-corrected chi connectivity index (χ2v) is 4.53. The Morgan fingerprint density at radius 3 is 1.94 bits per heavy atom. The molecule has 1 aromatic rings. The van der Waals surface area contributed by atoms with Crippen molar-refractivity contribution >= 4 is 0 Å². The molecule has 2 N–H and O–H groups in total. The summed E-state index contributed by atoms with van der Waals surface area (Å²) in [4.78, 5) is 2.02. The zero-order valence-corrected chi connectivity index (χ0v) is 11.4. The molecule has 98 valence electrons. The van der Waals surface area contributed by atoms with Gasteiger partial charge in [0, 0.05) is 25.2 Å². The van der Waals surface area contributed by atoms with Crippen LogP contribution in [0.15, 0.2) is 24.3 Å². The topological polar surface area (TPSA) is 46.9 Å². The van der Waals surface area contributed by atoms with E-state index in [9.17, 15) is 5.11 Å². The van der Waals surface area contributed by atoms with Crippen LogP contribution >= 0.6 is 0 Å². The fraction of sp³-hybridized carbons (Fsp3) is 0.538. The van der Waals surface area contributed by atoms with Gasteiger partial charge in [-0.05, 0) is 34.0 Å². The van der Waals surface area contributed by atoms with Crippen LogP contribution in [0.3, 0.4) is 0 Å². The molecule has 1 rings (SSSR count). The SMILES string of the molecule is CC(C)N(C)O.CN(C)Cc1ccccc1O. The molecule has 0 heterocycles. The van der Waals surface area contributed by atoms with E-state index in [4.69, 9.17) is 5.21 Å². The van der Waals surface area contributed by atoms with Gasteiger partial charge in [0.15, 0.2) is 0 Å². The number of aromatic hydroxyl groups is 1. The van der Waals surface area contributed by atoms with Crippen LogP contribution in [0.2, 0.25) is 0 Å². The minimum absolute atomic E-state index is 0.241. The zero-order chi connectivity index (χ0) is 13.4. The summed E-state index contributed by atoms with van der Waals surface area (Å²) < 4.78 is 0. The Balaban J connectivity index is 0.000000366. The van der Waals surface area contributed by atoms with Gasteiger partial charge < -0.3 is 15.2 Å². The van der Waals surface area contributed by atoms with Crippen LogP contribution in [0.25, 0.3) is 0 Å². The third kappa shape index (κ3) is 7.74. The van der Waals surface area contributed by atoms with E-state index in [-0.39, 0.29) is 6.04 Å². The largest absolute Gasteiger partial charge is 0.508 e. The summed E-state index contributed by atoms with van der Waals surface area (Å²) in [6, 6.07) is 7.63. The fourth-order valence-electron chi connectivity index (χ4n) is 0.985. The van der Waals surface area contributed by atoms with Crippen LogP contribution in [-0.2, 0) is 6.54 Å². The number of rotatable bonds is 3. The molecule has 0 radical (unpaired) electrons. The quantitative estimate of drug-likeness (QED) is 0.795. The van der Waals surface area contributed by atoms with E-state index in [1.165, 1.54) is 5.06 Å². The molecule has 0 unspecified atom stereocenters. The van der Waals surface area contributed by atoms with Crippen LogP contribution in [-0.4, -0.2) is 47.5 Å². The number of phenolic OH excluding ortho intramolecular Hbond substituents is 1. The van der Waals surface area contributed by atoms with Crippen molar-refractivity contribution in [3.63, 3.8) is 0 Å². The molecular formula is C13H24N2O2. The van der Waals surface area contributed by atoms with Gasteiger partial charge in [-0.1, -0.05) is 18.2 Å². The van der Waals surface area contributed by atoms with Crippen LogP contribution in [0.4, 0.5) is 0 Å². The summed E-state index contributed by atoms with van der Waals surface area (Å²) in [5.41, 5.74) is 0.970. The summed E-state index contributed by atoms with van der Waals surface area (Å²) in [6.07, 6.45) is 0. The van der Waals surface area contributed by atoms with E-state index in [1.54, 1.807) is 13.1 Å². The van der Waals surface area contributed by atoms with E-state index in [0.717, 1.165) is 12.1 Å². The monoisotopic (exact) mass is 240 g/mol. The lowest BCUT2D eigenvalue weighted by Gasteiger charge is -2.10. The van der Waals surface area contributed by atoms with E-state index >= 15 is 0 Å². The summed E-state index contributed by atoms with van der Waals surface area (Å²) in [6.45, 7) is 4.62. The van der Waals surface area contributed by atoms with Gasteiger partial charge in [-0.3, -0.25) is 0 Å². The molecule has 0 saturated heterocycles. The van der Waals surface area contributed by atoms with Gasteiger partial charge in [0.05, 0.1) is 0 Å². The molecule has 0 aliphatic carbocycles. The van der Waals surface area contributed by atoms with E-state index in [0.29, 0.717) is 5.75 Å². The lowest BCUT2D eigenvalue weighted by molar-refractivity contribution is -0.0912. The highest BCUT2D eigenvalue weighted by molar-refractivity contribution is 5.31. The second kappa shape index (κ2) is 8.06. The average Bonchev–Trinajstić information content (AvgIpc) is 2.21. The molecule has 1 aromatic carbocycles. The van der Waals surface area contributed by atoms with Crippen LogP contribution < -0.4 is 0 Å². The highest BCUT2D eigenvalue weighted by atomic mass is 16.5. The molecule has 0 aliphatic heterocycles. The molecule has 0 spiro atoms. The first-order chi connectivity index (χ1) is 7.84. The number of hydroxylamine groups is 2. The van der Waals surface area contributed by atoms with Crippen molar-refractivity contribution in [1.29, 1.82) is 0 Å². The molecule has 0 aromatic heterocycles. The Labute approximate surface area is 104 Å². The molecule has 0 atom stereocenters. The summed E-state index contributed by atoms with van der Waals surface area (Å²) in [5.74, 6) is 0.376. The third-order valence-corrected chi connectivity index (χ3v) is 2.23. The van der Waals surface area contributed by atoms with E-state index in [1.807, 2.05) is 51.0 Å². The van der Waals surface area contributed by atoms with Crippen LogP contribution in [0, 0.1) is 0 Å². The maximum absolute atomic E-state index is 9.33. The molecule has 4 nitrogen and oxygen atoms in total. The number of nitrogens with zero attached hydrogens (tertiary/aromatic N) is 2. The number of phenols is 1. The average molecular weight is 240 g/mol. The molecule has 0 fully saturated rings. The van der Waals surface area contributed by atoms with Crippen molar-refractivity contribution < 1.29 is 10.3 Å².